The number of benzene rings is 1. The molecule has 0 bridgehead atoms. The smallest absolute Gasteiger partial charge is 0.410 e. The molecule has 9 heteroatoms. The van der Waals surface area contributed by atoms with Gasteiger partial charge in [0.1, 0.15) is 5.60 Å². The molecule has 2 aromatic rings. The summed E-state index contributed by atoms with van der Waals surface area (Å²) >= 11 is 0. The molecule has 9 nitrogen and oxygen atoms in total. The van der Waals surface area contributed by atoms with Crippen molar-refractivity contribution in [3.63, 3.8) is 0 Å². The lowest BCUT2D eigenvalue weighted by molar-refractivity contribution is 0.0138. The minimum atomic E-state index is -0.529. The van der Waals surface area contributed by atoms with Gasteiger partial charge >= 0.3 is 6.09 Å². The van der Waals surface area contributed by atoms with Gasteiger partial charge in [-0.2, -0.15) is 0 Å². The van der Waals surface area contributed by atoms with E-state index in [4.69, 9.17) is 14.2 Å². The van der Waals surface area contributed by atoms with Gasteiger partial charge in [0, 0.05) is 50.0 Å². The Morgan fingerprint density at radius 3 is 2.30 bits per heavy atom. The number of ether oxygens (including phenoxy) is 3. The summed E-state index contributed by atoms with van der Waals surface area (Å²) in [7, 11) is 3.11. The van der Waals surface area contributed by atoms with E-state index < -0.39 is 11.2 Å². The topological polar surface area (TPSA) is 93.5 Å². The monoisotopic (exact) mass is 459 g/mol. The Morgan fingerprint density at radius 1 is 1.00 bits per heavy atom. The average Bonchev–Trinajstić information content (AvgIpc) is 2.77. The maximum atomic E-state index is 12.8. The van der Waals surface area contributed by atoms with Crippen molar-refractivity contribution in [2.75, 3.05) is 40.4 Å². The molecule has 0 saturated carbocycles. The fourth-order valence-corrected chi connectivity index (χ4v) is 3.77. The number of pyridine rings is 1. The normalized spacial score (nSPS) is 14.8. The SMILES string of the molecule is COc1cccc(Cn2ccc(CN3CCN(C(=O)OC(C)(C)C)CC3)c(O)c2=O)c1OC. The van der Waals surface area contributed by atoms with E-state index in [1.165, 1.54) is 4.57 Å². The Morgan fingerprint density at radius 2 is 1.70 bits per heavy atom. The molecule has 1 amide bonds. The molecule has 33 heavy (non-hydrogen) atoms. The maximum Gasteiger partial charge on any atom is 0.410 e. The largest absolute Gasteiger partial charge is 0.503 e. The van der Waals surface area contributed by atoms with Crippen LogP contribution in [0.25, 0.3) is 0 Å². The highest BCUT2D eigenvalue weighted by atomic mass is 16.6. The molecule has 1 aromatic carbocycles. The van der Waals surface area contributed by atoms with Crippen LogP contribution in [-0.4, -0.2) is 71.6 Å². The van der Waals surface area contributed by atoms with Gasteiger partial charge in [-0.3, -0.25) is 9.69 Å². The summed E-state index contributed by atoms with van der Waals surface area (Å²) < 4.78 is 17.6. The number of carbonyl (C=O) groups is 1. The Bertz CT molecular complexity index is 1040. The molecular formula is C24H33N3O6. The predicted molar refractivity (Wildman–Crippen MR) is 124 cm³/mol. The number of hydrogen-bond donors (Lipinski definition) is 1. The van der Waals surface area contributed by atoms with Crippen molar-refractivity contribution in [3.8, 4) is 17.2 Å². The molecule has 3 rings (SSSR count). The molecule has 1 saturated heterocycles. The third-order valence-corrected chi connectivity index (χ3v) is 5.47. The van der Waals surface area contributed by atoms with E-state index in [9.17, 15) is 14.7 Å². The number of piperazine rings is 1. The average molecular weight is 460 g/mol. The number of amides is 1. The molecule has 1 N–H and O–H groups in total. The van der Waals surface area contributed by atoms with Gasteiger partial charge in [0.25, 0.3) is 5.56 Å². The van der Waals surface area contributed by atoms with Crippen LogP contribution in [0.4, 0.5) is 4.79 Å². The molecule has 1 aromatic heterocycles. The number of rotatable bonds is 6. The van der Waals surface area contributed by atoms with Crippen LogP contribution in [0.2, 0.25) is 0 Å². The van der Waals surface area contributed by atoms with Crippen LogP contribution in [0, 0.1) is 0 Å². The first-order chi connectivity index (χ1) is 15.6. The van der Waals surface area contributed by atoms with E-state index in [0.29, 0.717) is 49.8 Å². The van der Waals surface area contributed by atoms with E-state index in [1.54, 1.807) is 37.4 Å². The summed E-state index contributed by atoms with van der Waals surface area (Å²) in [5.41, 5.74) is 0.326. The molecule has 1 fully saturated rings. The van der Waals surface area contributed by atoms with Crippen LogP contribution in [-0.2, 0) is 17.8 Å². The zero-order valence-electron chi connectivity index (χ0n) is 20.0. The second kappa shape index (κ2) is 10.2. The predicted octanol–water partition coefficient (Wildman–Crippen LogP) is 2.67. The summed E-state index contributed by atoms with van der Waals surface area (Å²) in [6.07, 6.45) is 1.35. The molecule has 1 aliphatic heterocycles. The second-order valence-corrected chi connectivity index (χ2v) is 9.02. The Kier molecular flexibility index (Phi) is 7.53. The lowest BCUT2D eigenvalue weighted by Gasteiger charge is -2.35. The number of aromatic hydroxyl groups is 1. The number of carbonyl (C=O) groups excluding carboxylic acids is 1. The van der Waals surface area contributed by atoms with Gasteiger partial charge in [0.05, 0.1) is 20.8 Å². The molecule has 0 spiro atoms. The van der Waals surface area contributed by atoms with Gasteiger partial charge in [-0.05, 0) is 32.9 Å². The highest BCUT2D eigenvalue weighted by molar-refractivity contribution is 5.68. The van der Waals surface area contributed by atoms with Gasteiger partial charge in [-0.25, -0.2) is 4.79 Å². The Hall–Kier alpha value is -3.20. The van der Waals surface area contributed by atoms with Crippen molar-refractivity contribution in [1.29, 1.82) is 0 Å². The zero-order valence-corrected chi connectivity index (χ0v) is 20.0. The first-order valence-electron chi connectivity index (χ1n) is 10.9. The number of methoxy groups -OCH3 is 2. The Labute approximate surface area is 194 Å². The summed E-state index contributed by atoms with van der Waals surface area (Å²) in [6, 6.07) is 7.22. The first kappa shape index (κ1) is 24.4. The quantitative estimate of drug-likeness (QED) is 0.710. The molecule has 0 unspecified atom stereocenters. The lowest BCUT2D eigenvalue weighted by Crippen LogP contribution is -2.49. The fourth-order valence-electron chi connectivity index (χ4n) is 3.77. The maximum absolute atomic E-state index is 12.8. The third kappa shape index (κ3) is 5.98. The Balaban J connectivity index is 1.66. The number of para-hydroxylation sites is 1. The summed E-state index contributed by atoms with van der Waals surface area (Å²) in [4.78, 5) is 28.8. The van der Waals surface area contributed by atoms with Gasteiger partial charge in [-0.1, -0.05) is 12.1 Å². The number of hydrogen-bond acceptors (Lipinski definition) is 7. The molecule has 0 atom stereocenters. The minimum absolute atomic E-state index is 0.238. The summed E-state index contributed by atoms with van der Waals surface area (Å²) in [6.45, 7) is 8.51. The van der Waals surface area contributed by atoms with E-state index >= 15 is 0 Å². The summed E-state index contributed by atoms with van der Waals surface area (Å²) in [5.74, 6) is 0.863. The minimum Gasteiger partial charge on any atom is -0.503 e. The van der Waals surface area contributed by atoms with Crippen LogP contribution in [0.1, 0.15) is 31.9 Å². The van der Waals surface area contributed by atoms with Crippen LogP contribution in [0.3, 0.4) is 0 Å². The summed E-state index contributed by atoms with van der Waals surface area (Å²) in [5, 5.41) is 10.6. The highest BCUT2D eigenvalue weighted by Crippen LogP contribution is 2.31. The van der Waals surface area contributed by atoms with E-state index in [1.807, 2.05) is 32.9 Å². The van der Waals surface area contributed by atoms with Crippen molar-refractivity contribution >= 4 is 6.09 Å². The first-order valence-corrected chi connectivity index (χ1v) is 10.9. The number of nitrogens with zero attached hydrogens (tertiary/aromatic N) is 3. The van der Waals surface area contributed by atoms with Gasteiger partial charge < -0.3 is 28.8 Å². The van der Waals surface area contributed by atoms with Crippen LogP contribution >= 0.6 is 0 Å². The standard InChI is InChI=1S/C24H33N3O6/c1-24(2,3)33-23(30)26-13-11-25(12-14-26)15-17-9-10-27(22(29)20(17)28)16-18-7-6-8-19(31-4)21(18)32-5/h6-10,28H,11-16H2,1-5H3. The van der Waals surface area contributed by atoms with Gasteiger partial charge in [-0.15, -0.1) is 0 Å². The van der Waals surface area contributed by atoms with E-state index in [0.717, 1.165) is 5.56 Å². The molecular weight excluding hydrogens is 426 g/mol. The van der Waals surface area contributed by atoms with Crippen molar-refractivity contribution in [1.82, 2.24) is 14.4 Å². The van der Waals surface area contributed by atoms with Gasteiger partial charge in [0.2, 0.25) is 0 Å². The second-order valence-electron chi connectivity index (χ2n) is 9.02. The molecule has 180 valence electrons. The molecule has 0 radical (unpaired) electrons. The van der Waals surface area contributed by atoms with Gasteiger partial charge in [0.15, 0.2) is 17.2 Å². The van der Waals surface area contributed by atoms with Crippen LogP contribution in [0.5, 0.6) is 17.2 Å². The van der Waals surface area contributed by atoms with Crippen molar-refractivity contribution < 1.29 is 24.1 Å². The fraction of sp³-hybridized carbons (Fsp3) is 0.500. The third-order valence-electron chi connectivity index (χ3n) is 5.47. The molecule has 1 aliphatic rings. The number of aromatic nitrogens is 1. The van der Waals surface area contributed by atoms with Crippen LogP contribution in [0.15, 0.2) is 35.3 Å². The van der Waals surface area contributed by atoms with E-state index in [-0.39, 0.29) is 18.4 Å². The lowest BCUT2D eigenvalue weighted by atomic mass is 10.1. The molecule has 0 aliphatic carbocycles. The van der Waals surface area contributed by atoms with Crippen molar-refractivity contribution in [2.24, 2.45) is 0 Å². The zero-order chi connectivity index (χ0) is 24.2. The van der Waals surface area contributed by atoms with Crippen molar-refractivity contribution in [3.05, 3.63) is 51.9 Å². The highest BCUT2D eigenvalue weighted by Gasteiger charge is 2.26. The van der Waals surface area contributed by atoms with Crippen molar-refractivity contribution in [2.45, 2.75) is 39.5 Å². The van der Waals surface area contributed by atoms with Crippen LogP contribution < -0.4 is 15.0 Å². The molecule has 2 heterocycles. The van der Waals surface area contributed by atoms with E-state index in [2.05, 4.69) is 4.90 Å².